The van der Waals surface area contributed by atoms with E-state index in [9.17, 15) is 0 Å². The number of nitrogens with zero attached hydrogens (tertiary/aromatic N) is 2. The minimum Gasteiger partial charge on any atom is -0.379 e. The van der Waals surface area contributed by atoms with Gasteiger partial charge in [-0.15, -0.1) is 0 Å². The molecule has 20 heavy (non-hydrogen) atoms. The molecule has 0 aromatic carbocycles. The van der Waals surface area contributed by atoms with Gasteiger partial charge in [0.25, 0.3) is 0 Å². The van der Waals surface area contributed by atoms with E-state index in [2.05, 4.69) is 9.80 Å². The summed E-state index contributed by atoms with van der Waals surface area (Å²) in [5, 5.41) is 0. The molecule has 0 spiro atoms. The van der Waals surface area contributed by atoms with Crippen molar-refractivity contribution in [3.63, 3.8) is 0 Å². The fraction of sp³-hybridized carbons (Fsp3) is 1.00. The summed E-state index contributed by atoms with van der Waals surface area (Å²) in [6.45, 7) is 10.8. The SMILES string of the molecule is C1CCN(CCCOCCOCCCN2CCCC2)C1. The molecular weight excluding hydrogens is 252 g/mol. The first-order chi connectivity index (χ1) is 9.95. The zero-order chi connectivity index (χ0) is 13.9. The Bertz CT molecular complexity index is 203. The molecule has 0 saturated carbocycles. The van der Waals surface area contributed by atoms with Crippen LogP contribution in [-0.4, -0.2) is 75.5 Å². The fourth-order valence-electron chi connectivity index (χ4n) is 3.11. The Kier molecular flexibility index (Phi) is 8.55. The lowest BCUT2D eigenvalue weighted by molar-refractivity contribution is 0.0420. The summed E-state index contributed by atoms with van der Waals surface area (Å²) in [6, 6.07) is 0. The molecule has 0 amide bonds. The molecule has 2 rings (SSSR count). The van der Waals surface area contributed by atoms with Gasteiger partial charge in [0.1, 0.15) is 0 Å². The van der Waals surface area contributed by atoms with Crippen molar-refractivity contribution in [2.75, 3.05) is 65.7 Å². The fourth-order valence-corrected chi connectivity index (χ4v) is 3.11. The minimum absolute atomic E-state index is 0.754. The van der Waals surface area contributed by atoms with Crippen molar-refractivity contribution in [1.82, 2.24) is 9.80 Å². The highest BCUT2D eigenvalue weighted by Gasteiger charge is 2.10. The van der Waals surface area contributed by atoms with Crippen molar-refractivity contribution in [3.8, 4) is 0 Å². The number of hydrogen-bond acceptors (Lipinski definition) is 4. The van der Waals surface area contributed by atoms with E-state index in [1.165, 1.54) is 65.0 Å². The van der Waals surface area contributed by atoms with Crippen LogP contribution in [0.1, 0.15) is 38.5 Å². The third kappa shape index (κ3) is 7.02. The van der Waals surface area contributed by atoms with E-state index in [0.717, 1.165) is 39.3 Å². The number of hydrogen-bond donors (Lipinski definition) is 0. The van der Waals surface area contributed by atoms with Crippen LogP contribution in [0.4, 0.5) is 0 Å². The predicted octanol–water partition coefficient (Wildman–Crippen LogP) is 1.99. The van der Waals surface area contributed by atoms with E-state index >= 15 is 0 Å². The maximum absolute atomic E-state index is 5.61. The van der Waals surface area contributed by atoms with Gasteiger partial charge in [-0.3, -0.25) is 0 Å². The zero-order valence-electron chi connectivity index (χ0n) is 13.0. The molecule has 0 aromatic rings. The van der Waals surface area contributed by atoms with Gasteiger partial charge in [0.15, 0.2) is 0 Å². The maximum Gasteiger partial charge on any atom is 0.0700 e. The third-order valence-electron chi connectivity index (χ3n) is 4.30. The molecule has 4 heteroatoms. The van der Waals surface area contributed by atoms with Gasteiger partial charge in [-0.1, -0.05) is 0 Å². The lowest BCUT2D eigenvalue weighted by Gasteiger charge is -2.14. The second-order valence-electron chi connectivity index (χ2n) is 6.03. The highest BCUT2D eigenvalue weighted by atomic mass is 16.5. The molecule has 2 saturated heterocycles. The molecule has 0 aliphatic carbocycles. The van der Waals surface area contributed by atoms with Crippen LogP contribution >= 0.6 is 0 Å². The first-order valence-corrected chi connectivity index (χ1v) is 8.55. The zero-order valence-corrected chi connectivity index (χ0v) is 13.0. The molecular formula is C16H32N2O2. The Morgan fingerprint density at radius 2 is 0.950 bits per heavy atom. The third-order valence-corrected chi connectivity index (χ3v) is 4.30. The van der Waals surface area contributed by atoms with Crippen LogP contribution in [0.3, 0.4) is 0 Å². The highest BCUT2D eigenvalue weighted by molar-refractivity contribution is 4.66. The lowest BCUT2D eigenvalue weighted by atomic mass is 10.4. The van der Waals surface area contributed by atoms with Gasteiger partial charge < -0.3 is 19.3 Å². The molecule has 0 unspecified atom stereocenters. The van der Waals surface area contributed by atoms with Crippen molar-refractivity contribution in [2.24, 2.45) is 0 Å². The summed E-state index contributed by atoms with van der Waals surface area (Å²) in [6.07, 6.45) is 7.85. The summed E-state index contributed by atoms with van der Waals surface area (Å²) in [5.41, 5.74) is 0. The Morgan fingerprint density at radius 1 is 0.550 bits per heavy atom. The molecule has 0 aromatic heterocycles. The van der Waals surface area contributed by atoms with Crippen LogP contribution in [-0.2, 0) is 9.47 Å². The monoisotopic (exact) mass is 284 g/mol. The normalized spacial score (nSPS) is 21.0. The Labute approximate surface area is 124 Å². The molecule has 0 bridgehead atoms. The van der Waals surface area contributed by atoms with Crippen LogP contribution in [0.2, 0.25) is 0 Å². The van der Waals surface area contributed by atoms with Crippen LogP contribution in [0.5, 0.6) is 0 Å². The predicted molar refractivity (Wildman–Crippen MR) is 82.2 cm³/mol. The number of rotatable bonds is 11. The van der Waals surface area contributed by atoms with Crippen molar-refractivity contribution < 1.29 is 9.47 Å². The first kappa shape index (κ1) is 16.2. The van der Waals surface area contributed by atoms with E-state index in [-0.39, 0.29) is 0 Å². The molecule has 4 nitrogen and oxygen atoms in total. The summed E-state index contributed by atoms with van der Waals surface area (Å²) >= 11 is 0. The highest BCUT2D eigenvalue weighted by Crippen LogP contribution is 2.08. The van der Waals surface area contributed by atoms with E-state index < -0.39 is 0 Å². The van der Waals surface area contributed by atoms with E-state index in [4.69, 9.17) is 9.47 Å². The summed E-state index contributed by atoms with van der Waals surface area (Å²) in [5.74, 6) is 0. The summed E-state index contributed by atoms with van der Waals surface area (Å²) in [4.78, 5) is 5.08. The Balaban J connectivity index is 1.26. The second kappa shape index (κ2) is 10.6. The van der Waals surface area contributed by atoms with Crippen molar-refractivity contribution in [1.29, 1.82) is 0 Å². The van der Waals surface area contributed by atoms with Gasteiger partial charge in [0, 0.05) is 26.3 Å². The lowest BCUT2D eigenvalue weighted by Crippen LogP contribution is -2.22. The van der Waals surface area contributed by atoms with Gasteiger partial charge in [0.2, 0.25) is 0 Å². The summed E-state index contributed by atoms with van der Waals surface area (Å²) in [7, 11) is 0. The average Bonchev–Trinajstić information content (AvgIpc) is 3.14. The molecule has 2 fully saturated rings. The van der Waals surface area contributed by atoms with Crippen LogP contribution in [0.15, 0.2) is 0 Å². The van der Waals surface area contributed by atoms with Crippen molar-refractivity contribution in [3.05, 3.63) is 0 Å². The minimum atomic E-state index is 0.754. The summed E-state index contributed by atoms with van der Waals surface area (Å²) < 4.78 is 11.2. The molecule has 2 aliphatic heterocycles. The molecule has 118 valence electrons. The average molecular weight is 284 g/mol. The van der Waals surface area contributed by atoms with E-state index in [0.29, 0.717) is 0 Å². The van der Waals surface area contributed by atoms with Gasteiger partial charge >= 0.3 is 0 Å². The molecule has 0 radical (unpaired) electrons. The molecule has 2 aliphatic rings. The maximum atomic E-state index is 5.61. The second-order valence-corrected chi connectivity index (χ2v) is 6.03. The standard InChI is InChI=1S/C16H32N2O2/c1-2-8-17(7-1)11-5-13-19-15-16-20-14-6-12-18-9-3-4-10-18/h1-16H2. The number of ether oxygens (including phenoxy) is 2. The largest absolute Gasteiger partial charge is 0.379 e. The molecule has 0 atom stereocenters. The smallest absolute Gasteiger partial charge is 0.0700 e. The van der Waals surface area contributed by atoms with Crippen molar-refractivity contribution in [2.45, 2.75) is 38.5 Å². The number of likely N-dealkylation sites (tertiary alicyclic amines) is 2. The van der Waals surface area contributed by atoms with Gasteiger partial charge in [-0.25, -0.2) is 0 Å². The Morgan fingerprint density at radius 3 is 1.35 bits per heavy atom. The van der Waals surface area contributed by atoms with Crippen LogP contribution in [0, 0.1) is 0 Å². The Hall–Kier alpha value is -0.160. The van der Waals surface area contributed by atoms with Gasteiger partial charge in [-0.2, -0.15) is 0 Å². The molecule has 0 N–H and O–H groups in total. The van der Waals surface area contributed by atoms with Gasteiger partial charge in [-0.05, 0) is 64.7 Å². The quantitative estimate of drug-likeness (QED) is 0.542. The topological polar surface area (TPSA) is 24.9 Å². The first-order valence-electron chi connectivity index (χ1n) is 8.55. The van der Waals surface area contributed by atoms with E-state index in [1.54, 1.807) is 0 Å². The van der Waals surface area contributed by atoms with Crippen LogP contribution < -0.4 is 0 Å². The molecule has 2 heterocycles. The van der Waals surface area contributed by atoms with Crippen LogP contribution in [0.25, 0.3) is 0 Å². The van der Waals surface area contributed by atoms with E-state index in [1.807, 2.05) is 0 Å². The van der Waals surface area contributed by atoms with Crippen molar-refractivity contribution >= 4 is 0 Å². The van der Waals surface area contributed by atoms with Gasteiger partial charge in [0.05, 0.1) is 13.2 Å².